The van der Waals surface area contributed by atoms with Gasteiger partial charge >= 0.3 is 0 Å². The summed E-state index contributed by atoms with van der Waals surface area (Å²) >= 11 is 0. The number of para-hydroxylation sites is 1. The molecule has 0 saturated heterocycles. The zero-order chi connectivity index (χ0) is 19.2. The summed E-state index contributed by atoms with van der Waals surface area (Å²) < 4.78 is 28.4. The highest BCUT2D eigenvalue weighted by Crippen LogP contribution is 2.28. The second-order valence-corrected chi connectivity index (χ2v) is 7.48. The largest absolute Gasteiger partial charge is 0.290 e. The molecular weight excluding hydrogens is 372 g/mol. The van der Waals surface area contributed by atoms with Gasteiger partial charge in [0.15, 0.2) is 4.90 Å². The van der Waals surface area contributed by atoms with E-state index in [1.54, 1.807) is 36.4 Å². The molecule has 0 spiro atoms. The lowest BCUT2D eigenvalue weighted by Gasteiger charge is -2.07. The minimum Gasteiger partial charge on any atom is -0.275 e. The number of pyridine rings is 1. The Morgan fingerprint density at radius 2 is 1.85 bits per heavy atom. The van der Waals surface area contributed by atoms with Crippen LogP contribution in [0.2, 0.25) is 0 Å². The van der Waals surface area contributed by atoms with Gasteiger partial charge in [0.1, 0.15) is 11.0 Å². The third-order valence-corrected chi connectivity index (χ3v) is 5.64. The Labute approximate surface area is 152 Å². The fourth-order valence-electron chi connectivity index (χ4n) is 2.72. The van der Waals surface area contributed by atoms with Crippen molar-refractivity contribution in [2.45, 2.75) is 4.90 Å². The Balaban J connectivity index is 1.92. The van der Waals surface area contributed by atoms with E-state index in [-0.39, 0.29) is 5.52 Å². The van der Waals surface area contributed by atoms with Crippen molar-refractivity contribution in [2.24, 2.45) is 7.05 Å². The molecule has 0 aliphatic rings. The highest BCUT2D eigenvalue weighted by molar-refractivity contribution is 7.90. The van der Waals surface area contributed by atoms with Crippen LogP contribution in [0.5, 0.6) is 0 Å². The zero-order valence-electron chi connectivity index (χ0n) is 13.9. The first-order valence-corrected chi connectivity index (χ1v) is 9.14. The number of nitro benzene ring substituents is 1. The molecule has 4 aromatic rings. The van der Waals surface area contributed by atoms with Gasteiger partial charge in [0, 0.05) is 36.6 Å². The molecule has 0 bridgehead atoms. The van der Waals surface area contributed by atoms with Gasteiger partial charge in [-0.25, -0.2) is 0 Å². The van der Waals surface area contributed by atoms with E-state index in [1.165, 1.54) is 24.4 Å². The molecule has 0 fully saturated rings. The molecule has 10 nitrogen and oxygen atoms in total. The highest BCUT2D eigenvalue weighted by atomic mass is 32.2. The van der Waals surface area contributed by atoms with Gasteiger partial charge in [-0.15, -0.1) is 0 Å². The lowest BCUT2D eigenvalue weighted by atomic mass is 10.1. The molecule has 3 aromatic heterocycles. The molecule has 0 saturated carbocycles. The predicted octanol–water partition coefficient (Wildman–Crippen LogP) is 1.98. The summed E-state index contributed by atoms with van der Waals surface area (Å²) in [6.45, 7) is 0. The van der Waals surface area contributed by atoms with Gasteiger partial charge in [-0.1, -0.05) is 12.1 Å². The maximum Gasteiger partial charge on any atom is 0.290 e. The normalized spacial score (nSPS) is 11.7. The molecule has 11 heteroatoms. The van der Waals surface area contributed by atoms with Crippen LogP contribution >= 0.6 is 0 Å². The van der Waals surface area contributed by atoms with Crippen molar-refractivity contribution >= 4 is 26.7 Å². The topological polar surface area (TPSA) is 126 Å². The number of aromatic nitrogens is 5. The van der Waals surface area contributed by atoms with Gasteiger partial charge in [0.05, 0.1) is 17.3 Å². The first-order chi connectivity index (χ1) is 12.9. The van der Waals surface area contributed by atoms with E-state index < -0.39 is 25.5 Å². The minimum atomic E-state index is -4.29. The second-order valence-electron chi connectivity index (χ2n) is 5.75. The average Bonchev–Trinajstić information content (AvgIpc) is 3.27. The Kier molecular flexibility index (Phi) is 3.73. The Hall–Kier alpha value is -3.60. The summed E-state index contributed by atoms with van der Waals surface area (Å²) in [6.07, 6.45) is 6.28. The molecular formula is C16H12N6O4S. The highest BCUT2D eigenvalue weighted by Gasteiger charge is 2.29. The zero-order valence-corrected chi connectivity index (χ0v) is 14.7. The van der Waals surface area contributed by atoms with Crippen molar-refractivity contribution in [2.75, 3.05) is 0 Å². The van der Waals surface area contributed by atoms with Crippen LogP contribution in [-0.2, 0) is 17.1 Å². The van der Waals surface area contributed by atoms with E-state index in [2.05, 4.69) is 15.2 Å². The van der Waals surface area contributed by atoms with Gasteiger partial charge in [-0.3, -0.25) is 19.8 Å². The van der Waals surface area contributed by atoms with Gasteiger partial charge in [0.2, 0.25) is 0 Å². The summed E-state index contributed by atoms with van der Waals surface area (Å²) in [5.41, 5.74) is 1.45. The molecule has 1 aromatic carbocycles. The van der Waals surface area contributed by atoms with E-state index in [4.69, 9.17) is 0 Å². The van der Waals surface area contributed by atoms with Crippen LogP contribution < -0.4 is 0 Å². The molecule has 0 aliphatic heterocycles. The number of hydrogen-bond acceptors (Lipinski definition) is 7. The molecule has 3 heterocycles. The molecule has 0 radical (unpaired) electrons. The molecule has 0 atom stereocenters. The van der Waals surface area contributed by atoms with Crippen molar-refractivity contribution in [3.63, 3.8) is 0 Å². The molecule has 0 amide bonds. The number of nitrogens with zero attached hydrogens (tertiary/aromatic N) is 6. The fourth-order valence-corrected chi connectivity index (χ4v) is 4.14. The van der Waals surface area contributed by atoms with Gasteiger partial charge in [-0.2, -0.15) is 22.7 Å². The molecule has 4 rings (SSSR count). The van der Waals surface area contributed by atoms with E-state index in [1.807, 2.05) is 0 Å². The first kappa shape index (κ1) is 16.8. The van der Waals surface area contributed by atoms with Crippen LogP contribution in [0.25, 0.3) is 22.2 Å². The van der Waals surface area contributed by atoms with Crippen molar-refractivity contribution < 1.29 is 13.3 Å². The smallest absolute Gasteiger partial charge is 0.275 e. The van der Waals surface area contributed by atoms with Crippen molar-refractivity contribution in [3.05, 3.63) is 65.2 Å². The summed E-state index contributed by atoms with van der Waals surface area (Å²) in [7, 11) is -2.53. The number of fused-ring (bicyclic) bond motifs is 1. The van der Waals surface area contributed by atoms with Crippen LogP contribution in [0, 0.1) is 10.1 Å². The predicted molar refractivity (Wildman–Crippen MR) is 95.4 cm³/mol. The molecule has 136 valence electrons. The Morgan fingerprint density at radius 1 is 1.07 bits per heavy atom. The van der Waals surface area contributed by atoms with Gasteiger partial charge < -0.3 is 0 Å². The molecule has 0 unspecified atom stereocenters. The van der Waals surface area contributed by atoms with Crippen molar-refractivity contribution in [1.29, 1.82) is 0 Å². The number of rotatable bonds is 4. The first-order valence-electron chi connectivity index (χ1n) is 7.70. The van der Waals surface area contributed by atoms with Crippen molar-refractivity contribution in [1.82, 2.24) is 24.0 Å². The lowest BCUT2D eigenvalue weighted by Crippen LogP contribution is -2.16. The summed E-state index contributed by atoms with van der Waals surface area (Å²) in [4.78, 5) is 14.3. The summed E-state index contributed by atoms with van der Waals surface area (Å²) in [5.74, 6) is 0. The Bertz CT molecular complexity index is 1290. The standard InChI is InChI=1S/C16H12N6O4S/c1-20-10-12(8-18-20)11-6-15-13(17-7-11)9-19-21(15)27(25,26)16-5-3-2-4-14(16)22(23)24/h2-10H,1H3. The van der Waals surface area contributed by atoms with Crippen LogP contribution in [0.1, 0.15) is 0 Å². The van der Waals surface area contributed by atoms with Gasteiger partial charge in [-0.05, 0) is 12.1 Å². The Morgan fingerprint density at radius 3 is 2.56 bits per heavy atom. The third kappa shape index (κ3) is 2.73. The number of hydrogen-bond donors (Lipinski definition) is 0. The number of aryl methyl sites for hydroxylation is 1. The third-order valence-electron chi connectivity index (χ3n) is 3.99. The van der Waals surface area contributed by atoms with Crippen LogP contribution in [0.15, 0.2) is 60.0 Å². The average molecular weight is 384 g/mol. The van der Waals surface area contributed by atoms with Crippen LogP contribution in [0.4, 0.5) is 5.69 Å². The van der Waals surface area contributed by atoms with Crippen molar-refractivity contribution in [3.8, 4) is 11.1 Å². The minimum absolute atomic E-state index is 0.217. The monoisotopic (exact) mass is 384 g/mol. The lowest BCUT2D eigenvalue weighted by molar-refractivity contribution is -0.387. The molecule has 0 aliphatic carbocycles. The molecule has 27 heavy (non-hydrogen) atoms. The maximum absolute atomic E-state index is 13.0. The van der Waals surface area contributed by atoms with Crippen LogP contribution in [-0.4, -0.2) is 37.3 Å². The second kappa shape index (κ2) is 5.99. The summed E-state index contributed by atoms with van der Waals surface area (Å²) in [5, 5.41) is 19.2. The van der Waals surface area contributed by atoms with E-state index >= 15 is 0 Å². The van der Waals surface area contributed by atoms with E-state index in [0.29, 0.717) is 11.1 Å². The van der Waals surface area contributed by atoms with E-state index in [9.17, 15) is 18.5 Å². The number of nitro groups is 1. The quantitative estimate of drug-likeness (QED) is 0.389. The summed E-state index contributed by atoms with van der Waals surface area (Å²) in [6, 6.07) is 6.75. The van der Waals surface area contributed by atoms with Crippen LogP contribution in [0.3, 0.4) is 0 Å². The fraction of sp³-hybridized carbons (Fsp3) is 0.0625. The number of benzene rings is 1. The maximum atomic E-state index is 13.0. The molecule has 0 N–H and O–H groups in total. The SMILES string of the molecule is Cn1cc(-c2cnc3cnn(S(=O)(=O)c4ccccc4[N+](=O)[O-])c3c2)cn1. The van der Waals surface area contributed by atoms with E-state index in [0.717, 1.165) is 15.7 Å². The van der Waals surface area contributed by atoms with Gasteiger partial charge in [0.25, 0.3) is 15.7 Å².